The molecule has 0 radical (unpaired) electrons. The van der Waals surface area contributed by atoms with Gasteiger partial charge in [-0.1, -0.05) is 17.3 Å². The van der Waals surface area contributed by atoms with Crippen molar-refractivity contribution >= 4 is 5.91 Å². The normalized spacial score (nSPS) is 16.1. The lowest BCUT2D eigenvalue weighted by Gasteiger charge is -2.29. The van der Waals surface area contributed by atoms with Crippen LogP contribution in [0.4, 0.5) is 4.39 Å². The van der Waals surface area contributed by atoms with Crippen LogP contribution in [0.1, 0.15) is 24.4 Å². The fourth-order valence-corrected chi connectivity index (χ4v) is 2.71. The van der Waals surface area contributed by atoms with Crippen LogP contribution in [0.25, 0.3) is 11.4 Å². The number of ether oxygens (including phenoxy) is 1. The van der Waals surface area contributed by atoms with E-state index < -0.39 is 0 Å². The van der Waals surface area contributed by atoms with E-state index >= 15 is 0 Å². The van der Waals surface area contributed by atoms with Crippen LogP contribution < -0.4 is 0 Å². The molecule has 3 rings (SSSR count). The van der Waals surface area contributed by atoms with Crippen molar-refractivity contribution in [2.24, 2.45) is 0 Å². The second kappa shape index (κ2) is 7.92. The number of aryl methyl sites for hydroxylation is 1. The van der Waals surface area contributed by atoms with E-state index in [0.29, 0.717) is 49.1 Å². The number of halogens is 1. The number of carbonyl (C=O) groups excluding carboxylic acids is 1. The Balaban J connectivity index is 1.65. The Morgan fingerprint density at radius 1 is 1.38 bits per heavy atom. The summed E-state index contributed by atoms with van der Waals surface area (Å²) in [7, 11) is 1.83. The molecule has 1 saturated heterocycles. The summed E-state index contributed by atoms with van der Waals surface area (Å²) >= 11 is 0. The van der Waals surface area contributed by atoms with Crippen LogP contribution in [0.15, 0.2) is 22.7 Å². The van der Waals surface area contributed by atoms with E-state index in [0.717, 1.165) is 0 Å². The molecule has 1 amide bonds. The van der Waals surface area contributed by atoms with Crippen LogP contribution in [0.5, 0.6) is 0 Å². The van der Waals surface area contributed by atoms with Gasteiger partial charge in [-0.25, -0.2) is 4.39 Å². The number of aromatic nitrogens is 2. The number of morpholine rings is 1. The number of rotatable bonds is 5. The average Bonchev–Trinajstić information content (AvgIpc) is 3.14. The molecule has 1 aliphatic rings. The van der Waals surface area contributed by atoms with E-state index in [1.807, 2.05) is 18.9 Å². The van der Waals surface area contributed by atoms with Crippen molar-refractivity contribution in [3.05, 3.63) is 35.5 Å². The molecule has 1 aliphatic heterocycles. The summed E-state index contributed by atoms with van der Waals surface area (Å²) in [4.78, 5) is 20.4. The van der Waals surface area contributed by atoms with Gasteiger partial charge in [0.05, 0.1) is 25.8 Å². The molecule has 8 heteroatoms. The van der Waals surface area contributed by atoms with Gasteiger partial charge in [0.1, 0.15) is 5.82 Å². The minimum absolute atomic E-state index is 0.0444. The summed E-state index contributed by atoms with van der Waals surface area (Å²) in [6.45, 7) is 6.21. The smallest absolute Gasteiger partial charge is 0.244 e. The molecule has 2 heterocycles. The number of hydrogen-bond donors (Lipinski definition) is 0. The third-order valence-electron chi connectivity index (χ3n) is 4.64. The van der Waals surface area contributed by atoms with Crippen LogP contribution in [-0.4, -0.2) is 65.7 Å². The van der Waals surface area contributed by atoms with Crippen LogP contribution in [0.3, 0.4) is 0 Å². The highest BCUT2D eigenvalue weighted by molar-refractivity contribution is 5.78. The Morgan fingerprint density at radius 3 is 2.81 bits per heavy atom. The number of nitrogens with zero attached hydrogens (tertiary/aromatic N) is 4. The van der Waals surface area contributed by atoms with Crippen molar-refractivity contribution in [3.8, 4) is 11.4 Å². The highest BCUT2D eigenvalue weighted by Gasteiger charge is 2.24. The second-order valence-electron chi connectivity index (χ2n) is 6.50. The molecular formula is C18H23FN4O3. The van der Waals surface area contributed by atoms with E-state index in [1.165, 1.54) is 6.07 Å². The monoisotopic (exact) mass is 362 g/mol. The Hall–Kier alpha value is -2.32. The van der Waals surface area contributed by atoms with Crippen molar-refractivity contribution in [2.45, 2.75) is 19.9 Å². The SMILES string of the molecule is Cc1ccc(-c2noc(C(C)N(C)CC(=O)N3CCOCC3)n2)cc1F. The molecule has 1 unspecified atom stereocenters. The Bertz CT molecular complexity index is 774. The molecule has 2 aromatic rings. The summed E-state index contributed by atoms with van der Waals surface area (Å²) in [5.41, 5.74) is 1.12. The zero-order chi connectivity index (χ0) is 18.7. The first-order valence-corrected chi connectivity index (χ1v) is 8.61. The maximum absolute atomic E-state index is 13.7. The molecule has 7 nitrogen and oxygen atoms in total. The van der Waals surface area contributed by atoms with E-state index in [4.69, 9.17) is 9.26 Å². The molecular weight excluding hydrogens is 339 g/mol. The predicted octanol–water partition coefficient (Wildman–Crippen LogP) is 2.04. The lowest BCUT2D eigenvalue weighted by molar-refractivity contribution is -0.136. The summed E-state index contributed by atoms with van der Waals surface area (Å²) in [6, 6.07) is 4.58. The summed E-state index contributed by atoms with van der Waals surface area (Å²) in [5.74, 6) is 0.454. The number of benzene rings is 1. The maximum atomic E-state index is 13.7. The first kappa shape index (κ1) is 18.5. The van der Waals surface area contributed by atoms with Crippen molar-refractivity contribution < 1.29 is 18.4 Å². The van der Waals surface area contributed by atoms with Gasteiger partial charge in [-0.2, -0.15) is 4.98 Å². The summed E-state index contributed by atoms with van der Waals surface area (Å²) in [6.07, 6.45) is 0. The first-order valence-electron chi connectivity index (χ1n) is 8.61. The molecule has 0 spiro atoms. The molecule has 26 heavy (non-hydrogen) atoms. The molecule has 1 aromatic carbocycles. The van der Waals surface area contributed by atoms with Crippen molar-refractivity contribution in [2.75, 3.05) is 39.9 Å². The summed E-state index contributed by atoms with van der Waals surface area (Å²) < 4.78 is 24.3. The van der Waals surface area contributed by atoms with Crippen molar-refractivity contribution in [1.82, 2.24) is 19.9 Å². The second-order valence-corrected chi connectivity index (χ2v) is 6.50. The lowest BCUT2D eigenvalue weighted by Crippen LogP contribution is -2.45. The standard InChI is InChI=1S/C18H23FN4O3/c1-12-4-5-14(10-15(12)19)17-20-18(26-21-17)13(2)22(3)11-16(24)23-6-8-25-9-7-23/h4-5,10,13H,6-9,11H2,1-3H3. The van der Waals surface area contributed by atoms with Gasteiger partial charge in [0, 0.05) is 18.7 Å². The minimum Gasteiger partial charge on any atom is -0.378 e. The van der Waals surface area contributed by atoms with E-state index in [1.54, 1.807) is 24.0 Å². The van der Waals surface area contributed by atoms with Crippen LogP contribution >= 0.6 is 0 Å². The number of hydrogen-bond acceptors (Lipinski definition) is 6. The third-order valence-corrected chi connectivity index (χ3v) is 4.64. The van der Waals surface area contributed by atoms with Crippen LogP contribution in [-0.2, 0) is 9.53 Å². The highest BCUT2D eigenvalue weighted by Crippen LogP contribution is 2.23. The van der Waals surface area contributed by atoms with E-state index in [9.17, 15) is 9.18 Å². The largest absolute Gasteiger partial charge is 0.378 e. The molecule has 0 N–H and O–H groups in total. The predicted molar refractivity (Wildman–Crippen MR) is 92.9 cm³/mol. The van der Waals surface area contributed by atoms with Gasteiger partial charge in [0.2, 0.25) is 17.6 Å². The van der Waals surface area contributed by atoms with Gasteiger partial charge in [0.25, 0.3) is 0 Å². The molecule has 0 aliphatic carbocycles. The topological polar surface area (TPSA) is 71.7 Å². The molecule has 1 aromatic heterocycles. The van der Waals surface area contributed by atoms with Crippen LogP contribution in [0, 0.1) is 12.7 Å². The average molecular weight is 362 g/mol. The highest BCUT2D eigenvalue weighted by atomic mass is 19.1. The van der Waals surface area contributed by atoms with Gasteiger partial charge in [-0.15, -0.1) is 0 Å². The number of carbonyl (C=O) groups is 1. The minimum atomic E-state index is -0.310. The molecule has 0 saturated carbocycles. The number of amides is 1. The summed E-state index contributed by atoms with van der Waals surface area (Å²) in [5, 5.41) is 3.94. The number of likely N-dealkylation sites (N-methyl/N-ethyl adjacent to an activating group) is 1. The first-order chi connectivity index (χ1) is 12.5. The molecule has 0 bridgehead atoms. The zero-order valence-corrected chi connectivity index (χ0v) is 15.2. The van der Waals surface area contributed by atoms with Gasteiger partial charge in [-0.3, -0.25) is 9.69 Å². The third kappa shape index (κ3) is 4.08. The Kier molecular flexibility index (Phi) is 5.63. The van der Waals surface area contributed by atoms with E-state index in [2.05, 4.69) is 10.1 Å². The van der Waals surface area contributed by atoms with Gasteiger partial charge in [0.15, 0.2) is 0 Å². The molecule has 1 fully saturated rings. The van der Waals surface area contributed by atoms with Gasteiger partial charge >= 0.3 is 0 Å². The van der Waals surface area contributed by atoms with Gasteiger partial charge < -0.3 is 14.2 Å². The fraction of sp³-hybridized carbons (Fsp3) is 0.500. The fourth-order valence-electron chi connectivity index (χ4n) is 2.71. The van der Waals surface area contributed by atoms with Gasteiger partial charge in [-0.05, 0) is 32.5 Å². The Labute approximate surface area is 151 Å². The van der Waals surface area contributed by atoms with Crippen molar-refractivity contribution in [1.29, 1.82) is 0 Å². The molecule has 1 atom stereocenters. The maximum Gasteiger partial charge on any atom is 0.244 e. The van der Waals surface area contributed by atoms with E-state index in [-0.39, 0.29) is 24.3 Å². The zero-order valence-electron chi connectivity index (χ0n) is 15.2. The van der Waals surface area contributed by atoms with Crippen molar-refractivity contribution in [3.63, 3.8) is 0 Å². The van der Waals surface area contributed by atoms with Crippen LogP contribution in [0.2, 0.25) is 0 Å². The molecule has 140 valence electrons. The lowest BCUT2D eigenvalue weighted by atomic mass is 10.1. The Morgan fingerprint density at radius 2 is 2.12 bits per heavy atom. The quantitative estimate of drug-likeness (QED) is 0.811.